The van der Waals surface area contributed by atoms with Crippen LogP contribution in [0, 0.1) is 0 Å². The van der Waals surface area contributed by atoms with Crippen LogP contribution in [0.15, 0.2) is 30.3 Å². The zero-order valence-electron chi connectivity index (χ0n) is 5.91. The summed E-state index contributed by atoms with van der Waals surface area (Å²) in [5.41, 5.74) is 1.14. The second-order valence-electron chi connectivity index (χ2n) is 1.91. The lowest BCUT2D eigenvalue weighted by Crippen LogP contribution is -1.90. The highest BCUT2D eigenvalue weighted by molar-refractivity contribution is 5.97. The van der Waals surface area contributed by atoms with Crippen molar-refractivity contribution in [3.63, 3.8) is 0 Å². The zero-order valence-corrected chi connectivity index (χ0v) is 7.91. The van der Waals surface area contributed by atoms with Crippen molar-refractivity contribution in [2.45, 2.75) is 6.61 Å². The van der Waals surface area contributed by atoms with Crippen molar-refractivity contribution in [1.82, 2.24) is 0 Å². The SMILES string of the molecule is [SiH3]OOCc1ccccc1. The van der Waals surface area contributed by atoms with Gasteiger partial charge in [0.15, 0.2) is 10.5 Å². The van der Waals surface area contributed by atoms with Crippen molar-refractivity contribution in [3.05, 3.63) is 35.9 Å². The van der Waals surface area contributed by atoms with Gasteiger partial charge in [-0.3, -0.25) is 4.58 Å². The Balaban J connectivity index is 2.43. The Labute approximate surface area is 63.2 Å². The van der Waals surface area contributed by atoms with Crippen LogP contribution in [0.4, 0.5) is 0 Å². The highest BCUT2D eigenvalue weighted by atomic mass is 28.2. The number of hydrogen-bond acceptors (Lipinski definition) is 2. The fraction of sp³-hybridized carbons (Fsp3) is 0.143. The number of hydrogen-bond donors (Lipinski definition) is 0. The maximum Gasteiger partial charge on any atom is 0.193 e. The standard InChI is InChI=1S/C7H10O2Si/c10-9-8-6-7-4-2-1-3-5-7/h1-5H,6H2,10H3. The van der Waals surface area contributed by atoms with Gasteiger partial charge in [-0.25, -0.2) is 4.89 Å². The van der Waals surface area contributed by atoms with Crippen LogP contribution in [0.2, 0.25) is 0 Å². The average Bonchev–Trinajstić information content (AvgIpc) is 2.03. The summed E-state index contributed by atoms with van der Waals surface area (Å²) >= 11 is 0. The minimum Gasteiger partial charge on any atom is -0.298 e. The summed E-state index contributed by atoms with van der Waals surface area (Å²) in [7, 11) is 0.628. The van der Waals surface area contributed by atoms with Gasteiger partial charge in [0, 0.05) is 0 Å². The van der Waals surface area contributed by atoms with Gasteiger partial charge in [0.25, 0.3) is 0 Å². The molecule has 0 aliphatic rings. The molecule has 0 N–H and O–H groups in total. The van der Waals surface area contributed by atoms with Gasteiger partial charge in [-0.1, -0.05) is 30.3 Å². The van der Waals surface area contributed by atoms with Gasteiger partial charge in [-0.15, -0.1) is 0 Å². The van der Waals surface area contributed by atoms with E-state index in [0.717, 1.165) is 5.56 Å². The fourth-order valence-electron chi connectivity index (χ4n) is 0.701. The van der Waals surface area contributed by atoms with Gasteiger partial charge in [0.2, 0.25) is 0 Å². The first-order valence-corrected chi connectivity index (χ1v) is 3.94. The quantitative estimate of drug-likeness (QED) is 0.357. The Kier molecular flexibility index (Phi) is 3.15. The Morgan fingerprint density at radius 1 is 1.20 bits per heavy atom. The molecule has 0 radical (unpaired) electrons. The topological polar surface area (TPSA) is 18.5 Å². The molecular weight excluding hydrogens is 144 g/mol. The molecule has 0 bridgehead atoms. The molecule has 0 fully saturated rings. The Hall–Kier alpha value is -0.643. The van der Waals surface area contributed by atoms with Crippen LogP contribution in [0.1, 0.15) is 5.56 Å². The van der Waals surface area contributed by atoms with E-state index in [1.807, 2.05) is 30.3 Å². The molecular formula is C7H10O2Si. The van der Waals surface area contributed by atoms with E-state index < -0.39 is 0 Å². The Morgan fingerprint density at radius 3 is 2.50 bits per heavy atom. The lowest BCUT2D eigenvalue weighted by molar-refractivity contribution is -0.214. The van der Waals surface area contributed by atoms with Crippen molar-refractivity contribution in [3.8, 4) is 0 Å². The third kappa shape index (κ3) is 2.30. The van der Waals surface area contributed by atoms with Crippen LogP contribution in [-0.2, 0) is 16.1 Å². The largest absolute Gasteiger partial charge is 0.298 e. The van der Waals surface area contributed by atoms with E-state index in [4.69, 9.17) is 4.89 Å². The summed E-state index contributed by atoms with van der Waals surface area (Å²) in [5.74, 6) is 0. The molecule has 0 saturated carbocycles. The molecule has 10 heavy (non-hydrogen) atoms. The summed E-state index contributed by atoms with van der Waals surface area (Å²) in [6.45, 7) is 0.546. The number of rotatable bonds is 3. The lowest BCUT2D eigenvalue weighted by atomic mass is 10.2. The van der Waals surface area contributed by atoms with Crippen molar-refractivity contribution in [1.29, 1.82) is 0 Å². The third-order valence-corrected chi connectivity index (χ3v) is 1.42. The van der Waals surface area contributed by atoms with Crippen molar-refractivity contribution < 1.29 is 9.46 Å². The predicted octanol–water partition coefficient (Wildman–Crippen LogP) is 0.415. The smallest absolute Gasteiger partial charge is 0.193 e. The molecule has 1 rings (SSSR count). The zero-order chi connectivity index (χ0) is 7.23. The first-order valence-electron chi connectivity index (χ1n) is 3.13. The van der Waals surface area contributed by atoms with Crippen LogP contribution in [0.3, 0.4) is 0 Å². The minimum atomic E-state index is 0.546. The van der Waals surface area contributed by atoms with Gasteiger partial charge >= 0.3 is 0 Å². The summed E-state index contributed by atoms with van der Waals surface area (Å²) in [6.07, 6.45) is 0. The van der Waals surface area contributed by atoms with Crippen molar-refractivity contribution in [2.24, 2.45) is 0 Å². The van der Waals surface area contributed by atoms with Gasteiger partial charge in [-0.2, -0.15) is 0 Å². The normalized spacial score (nSPS) is 10.0. The van der Waals surface area contributed by atoms with Gasteiger partial charge in [0.1, 0.15) is 6.61 Å². The molecule has 0 saturated heterocycles. The highest BCUT2D eigenvalue weighted by Crippen LogP contribution is 1.99. The Bertz CT molecular complexity index is 176. The number of benzene rings is 1. The van der Waals surface area contributed by atoms with E-state index in [2.05, 4.69) is 4.58 Å². The summed E-state index contributed by atoms with van der Waals surface area (Å²) in [4.78, 5) is 4.78. The molecule has 0 aromatic heterocycles. The Morgan fingerprint density at radius 2 is 1.90 bits per heavy atom. The fourth-order valence-corrected chi connectivity index (χ4v) is 0.819. The van der Waals surface area contributed by atoms with E-state index >= 15 is 0 Å². The summed E-state index contributed by atoms with van der Waals surface area (Å²) < 4.78 is 4.58. The highest BCUT2D eigenvalue weighted by Gasteiger charge is 1.87. The van der Waals surface area contributed by atoms with Gasteiger partial charge < -0.3 is 0 Å². The maximum atomic E-state index is 4.78. The second kappa shape index (κ2) is 4.22. The van der Waals surface area contributed by atoms with E-state index in [1.165, 1.54) is 0 Å². The van der Waals surface area contributed by atoms with Crippen LogP contribution >= 0.6 is 0 Å². The van der Waals surface area contributed by atoms with E-state index in [0.29, 0.717) is 17.1 Å². The molecule has 1 aromatic rings. The minimum absolute atomic E-state index is 0.546. The molecule has 54 valence electrons. The van der Waals surface area contributed by atoms with E-state index in [-0.39, 0.29) is 0 Å². The molecule has 2 nitrogen and oxygen atoms in total. The second-order valence-corrected chi connectivity index (χ2v) is 2.25. The molecule has 0 heterocycles. The molecule has 0 aliphatic carbocycles. The molecule has 0 amide bonds. The molecule has 0 aliphatic heterocycles. The van der Waals surface area contributed by atoms with Crippen molar-refractivity contribution in [2.75, 3.05) is 0 Å². The summed E-state index contributed by atoms with van der Waals surface area (Å²) in [5, 5.41) is 0. The maximum absolute atomic E-state index is 4.78. The molecule has 0 atom stereocenters. The lowest BCUT2D eigenvalue weighted by Gasteiger charge is -1.98. The van der Waals surface area contributed by atoms with Crippen LogP contribution in [-0.4, -0.2) is 10.5 Å². The van der Waals surface area contributed by atoms with Crippen LogP contribution in [0.25, 0.3) is 0 Å². The summed E-state index contributed by atoms with van der Waals surface area (Å²) in [6, 6.07) is 9.93. The monoisotopic (exact) mass is 154 g/mol. The molecule has 3 heteroatoms. The van der Waals surface area contributed by atoms with E-state index in [9.17, 15) is 0 Å². The van der Waals surface area contributed by atoms with Crippen molar-refractivity contribution >= 4 is 10.5 Å². The average molecular weight is 154 g/mol. The van der Waals surface area contributed by atoms with Gasteiger partial charge in [-0.05, 0) is 5.56 Å². The van der Waals surface area contributed by atoms with Crippen LogP contribution < -0.4 is 0 Å². The molecule has 0 spiro atoms. The first kappa shape index (κ1) is 7.46. The first-order chi connectivity index (χ1) is 4.93. The molecule has 0 unspecified atom stereocenters. The molecule has 1 aromatic carbocycles. The van der Waals surface area contributed by atoms with Crippen LogP contribution in [0.5, 0.6) is 0 Å². The van der Waals surface area contributed by atoms with E-state index in [1.54, 1.807) is 0 Å². The predicted molar refractivity (Wildman–Crippen MR) is 42.3 cm³/mol. The van der Waals surface area contributed by atoms with Gasteiger partial charge in [0.05, 0.1) is 0 Å². The third-order valence-electron chi connectivity index (χ3n) is 1.19.